The van der Waals surface area contributed by atoms with Crippen LogP contribution in [0.5, 0.6) is 5.75 Å². The molecule has 0 bridgehead atoms. The summed E-state index contributed by atoms with van der Waals surface area (Å²) >= 11 is 6.62. The lowest BCUT2D eigenvalue weighted by atomic mass is 9.59. The van der Waals surface area contributed by atoms with Gasteiger partial charge in [0.1, 0.15) is 5.75 Å². The van der Waals surface area contributed by atoms with Gasteiger partial charge in [-0.05, 0) is 73.7 Å². The van der Waals surface area contributed by atoms with Crippen molar-refractivity contribution in [2.75, 3.05) is 36.1 Å². The zero-order valence-electron chi connectivity index (χ0n) is 23.0. The van der Waals surface area contributed by atoms with E-state index in [9.17, 15) is 24.3 Å². The summed E-state index contributed by atoms with van der Waals surface area (Å²) in [7, 11) is 0. The largest absolute Gasteiger partial charge is 0.508 e. The van der Waals surface area contributed by atoms with Gasteiger partial charge in [-0.3, -0.25) is 24.1 Å². The molecule has 3 aliphatic carbocycles. The number of hydrogen-bond donors (Lipinski definition) is 1. The molecule has 8 nitrogen and oxygen atoms in total. The number of fused-ring (bicyclic) bond motifs is 3. The smallest absolute Gasteiger partial charge is 0.238 e. The molecule has 0 aromatic heterocycles. The summed E-state index contributed by atoms with van der Waals surface area (Å²) in [5, 5.41) is 10.3. The standard InChI is InChI=1S/C33H29ClN2O6/c1-17-14-27(38)25-16-24-21(28(30(25)31(17)39)22-7-6-20(37)15-26(22)34)8-9-23-29(24)33(41)36(32(23)40)19-4-2-18(3-5-19)35-10-12-42-13-11-35/h2-8,14-15,23-24,28-29,37H,9-13,16H2,1H3. The molecule has 2 aromatic rings. The van der Waals surface area contributed by atoms with E-state index in [1.807, 2.05) is 30.3 Å². The van der Waals surface area contributed by atoms with Crippen LogP contribution in [0.2, 0.25) is 5.02 Å². The molecular formula is C33H29ClN2O6. The minimum Gasteiger partial charge on any atom is -0.508 e. The van der Waals surface area contributed by atoms with Crippen molar-refractivity contribution < 1.29 is 29.0 Å². The Morgan fingerprint density at radius 3 is 2.36 bits per heavy atom. The summed E-state index contributed by atoms with van der Waals surface area (Å²) in [5.41, 5.74) is 4.03. The van der Waals surface area contributed by atoms with E-state index in [0.29, 0.717) is 47.6 Å². The number of hydrogen-bond acceptors (Lipinski definition) is 7. The third-order valence-corrected chi connectivity index (χ3v) is 9.67. The Kier molecular flexibility index (Phi) is 6.44. The van der Waals surface area contributed by atoms with Gasteiger partial charge >= 0.3 is 0 Å². The molecule has 2 saturated heterocycles. The number of rotatable bonds is 3. The van der Waals surface area contributed by atoms with E-state index in [0.717, 1.165) is 24.4 Å². The number of amides is 2. The van der Waals surface area contributed by atoms with Crippen LogP contribution in [0.1, 0.15) is 31.2 Å². The third kappa shape index (κ3) is 4.07. The van der Waals surface area contributed by atoms with Crippen LogP contribution in [0.4, 0.5) is 11.4 Å². The average Bonchev–Trinajstić information content (AvgIpc) is 3.25. The van der Waals surface area contributed by atoms with Crippen molar-refractivity contribution in [3.8, 4) is 5.75 Å². The van der Waals surface area contributed by atoms with Crippen LogP contribution in [-0.4, -0.2) is 54.8 Å². The summed E-state index contributed by atoms with van der Waals surface area (Å²) in [6.45, 7) is 4.49. The predicted octanol–water partition coefficient (Wildman–Crippen LogP) is 4.52. The normalized spacial score (nSPS) is 27.5. The Morgan fingerprint density at radius 1 is 0.929 bits per heavy atom. The number of allylic oxidation sites excluding steroid dienone is 6. The number of halogens is 1. The third-order valence-electron chi connectivity index (χ3n) is 9.34. The SMILES string of the molecule is CC1=CC(=O)C2=C(C1=O)C(c1ccc(O)cc1Cl)C1=CCC3C(=O)N(c4ccc(N5CCOCC5)cc4)C(=O)C3C1C2. The lowest BCUT2D eigenvalue weighted by Crippen LogP contribution is -2.40. The molecule has 0 radical (unpaired) electrons. The molecule has 0 saturated carbocycles. The Hall–Kier alpha value is -4.01. The molecule has 2 amide bonds. The van der Waals surface area contributed by atoms with Crippen LogP contribution in [0.3, 0.4) is 0 Å². The highest BCUT2D eigenvalue weighted by Gasteiger charge is 2.56. The second-order valence-corrected chi connectivity index (χ2v) is 12.0. The fourth-order valence-corrected chi connectivity index (χ4v) is 7.64. The van der Waals surface area contributed by atoms with Gasteiger partial charge in [0.25, 0.3) is 0 Å². The first-order valence-corrected chi connectivity index (χ1v) is 14.6. The van der Waals surface area contributed by atoms with Crippen molar-refractivity contribution in [2.24, 2.45) is 17.8 Å². The first-order chi connectivity index (χ1) is 20.2. The van der Waals surface area contributed by atoms with Gasteiger partial charge in [0.15, 0.2) is 11.6 Å². The molecule has 2 aliphatic heterocycles. The quantitative estimate of drug-likeness (QED) is 0.321. The van der Waals surface area contributed by atoms with Gasteiger partial charge in [-0.15, -0.1) is 0 Å². The molecule has 2 fully saturated rings. The molecule has 4 atom stereocenters. The van der Waals surface area contributed by atoms with Crippen LogP contribution in [-0.2, 0) is 23.9 Å². The number of phenolic OH excluding ortho intramolecular Hbond substituents is 1. The first kappa shape index (κ1) is 26.9. The maximum Gasteiger partial charge on any atom is 0.238 e. The van der Waals surface area contributed by atoms with Crippen LogP contribution in [0, 0.1) is 17.8 Å². The molecule has 42 heavy (non-hydrogen) atoms. The second-order valence-electron chi connectivity index (χ2n) is 11.6. The van der Waals surface area contributed by atoms with Crippen molar-refractivity contribution in [3.63, 3.8) is 0 Å². The number of nitrogens with zero attached hydrogens (tertiary/aromatic N) is 2. The Labute approximate surface area is 247 Å². The van der Waals surface area contributed by atoms with Crippen molar-refractivity contribution >= 4 is 46.4 Å². The number of ether oxygens (including phenoxy) is 1. The molecule has 1 N–H and O–H groups in total. The van der Waals surface area contributed by atoms with Crippen LogP contribution in [0.25, 0.3) is 0 Å². The summed E-state index contributed by atoms with van der Waals surface area (Å²) in [6, 6.07) is 12.0. The fourth-order valence-electron chi connectivity index (χ4n) is 7.36. The lowest BCUT2D eigenvalue weighted by molar-refractivity contribution is -0.123. The van der Waals surface area contributed by atoms with E-state index < -0.39 is 23.7 Å². The van der Waals surface area contributed by atoms with Gasteiger partial charge in [0.05, 0.1) is 30.7 Å². The Morgan fingerprint density at radius 2 is 1.64 bits per heavy atom. The summed E-state index contributed by atoms with van der Waals surface area (Å²) in [6.07, 6.45) is 3.86. The van der Waals surface area contributed by atoms with Crippen LogP contribution >= 0.6 is 11.6 Å². The zero-order chi connectivity index (χ0) is 29.3. The Balaban J connectivity index is 1.27. The molecule has 2 aromatic carbocycles. The van der Waals surface area contributed by atoms with Crippen molar-refractivity contribution in [1.82, 2.24) is 0 Å². The minimum atomic E-state index is -0.668. The van der Waals surface area contributed by atoms with Gasteiger partial charge in [0, 0.05) is 46.4 Å². The average molecular weight is 585 g/mol. The number of imide groups is 1. The van der Waals surface area contributed by atoms with Crippen molar-refractivity contribution in [3.05, 3.63) is 87.5 Å². The number of phenols is 1. The van der Waals surface area contributed by atoms with E-state index in [1.54, 1.807) is 13.0 Å². The summed E-state index contributed by atoms with van der Waals surface area (Å²) in [4.78, 5) is 58.2. The topological polar surface area (TPSA) is 104 Å². The molecule has 0 spiro atoms. The maximum absolute atomic E-state index is 14.1. The van der Waals surface area contributed by atoms with Crippen molar-refractivity contribution in [1.29, 1.82) is 0 Å². The summed E-state index contributed by atoms with van der Waals surface area (Å²) < 4.78 is 5.44. The number of anilines is 2. The van der Waals surface area contributed by atoms with Crippen LogP contribution < -0.4 is 9.80 Å². The Bertz CT molecular complexity index is 1650. The van der Waals surface area contributed by atoms with Gasteiger partial charge in [-0.2, -0.15) is 0 Å². The number of ketones is 2. The number of Topliss-reactive ketones (excluding diaryl/α,β-unsaturated/α-hetero) is 1. The zero-order valence-corrected chi connectivity index (χ0v) is 23.8. The van der Waals surface area contributed by atoms with Crippen LogP contribution in [0.15, 0.2) is 76.9 Å². The van der Waals surface area contributed by atoms with E-state index in [-0.39, 0.29) is 40.6 Å². The number of carbonyl (C=O) groups excluding carboxylic acids is 4. The highest BCUT2D eigenvalue weighted by atomic mass is 35.5. The van der Waals surface area contributed by atoms with E-state index in [1.165, 1.54) is 23.1 Å². The monoisotopic (exact) mass is 584 g/mol. The second kappa shape index (κ2) is 10.1. The molecule has 5 aliphatic rings. The molecule has 2 heterocycles. The molecule has 9 heteroatoms. The number of aromatic hydroxyl groups is 1. The van der Waals surface area contributed by atoms with Gasteiger partial charge < -0.3 is 14.7 Å². The first-order valence-electron chi connectivity index (χ1n) is 14.2. The number of benzene rings is 2. The fraction of sp³-hybridized carbons (Fsp3) is 0.333. The van der Waals surface area contributed by atoms with E-state index in [4.69, 9.17) is 16.3 Å². The van der Waals surface area contributed by atoms with Crippen molar-refractivity contribution in [2.45, 2.75) is 25.7 Å². The maximum atomic E-state index is 14.1. The van der Waals surface area contributed by atoms with Gasteiger partial charge in [0.2, 0.25) is 11.8 Å². The van der Waals surface area contributed by atoms with Gasteiger partial charge in [-0.1, -0.05) is 29.3 Å². The lowest BCUT2D eigenvalue weighted by Gasteiger charge is -2.42. The number of carbonyl (C=O) groups is 4. The molecule has 4 unspecified atom stereocenters. The van der Waals surface area contributed by atoms with Gasteiger partial charge in [-0.25, -0.2) is 0 Å². The highest BCUT2D eigenvalue weighted by Crippen LogP contribution is 2.56. The highest BCUT2D eigenvalue weighted by molar-refractivity contribution is 6.32. The van der Waals surface area contributed by atoms with E-state index in [2.05, 4.69) is 4.90 Å². The summed E-state index contributed by atoms with van der Waals surface area (Å²) in [5.74, 6) is -3.37. The molecule has 214 valence electrons. The number of morpholine rings is 1. The minimum absolute atomic E-state index is 0.0167. The molecular weight excluding hydrogens is 556 g/mol. The predicted molar refractivity (Wildman–Crippen MR) is 156 cm³/mol. The molecule has 7 rings (SSSR count). The van der Waals surface area contributed by atoms with E-state index >= 15 is 0 Å².